The van der Waals surface area contributed by atoms with Crippen molar-refractivity contribution in [2.24, 2.45) is 5.16 Å². The fourth-order valence-electron chi connectivity index (χ4n) is 0.949. The van der Waals surface area contributed by atoms with Crippen LogP contribution in [0.25, 0.3) is 0 Å². The van der Waals surface area contributed by atoms with Crippen molar-refractivity contribution in [1.82, 2.24) is 0 Å². The van der Waals surface area contributed by atoms with E-state index in [2.05, 4.69) is 5.16 Å². The van der Waals surface area contributed by atoms with Crippen molar-refractivity contribution in [1.29, 1.82) is 0 Å². The topological polar surface area (TPSA) is 73.1 Å². The molecular formula is C8H9NO3. The van der Waals surface area contributed by atoms with Gasteiger partial charge >= 0.3 is 0 Å². The number of hydrogen-bond acceptors (Lipinski definition) is 4. The highest BCUT2D eigenvalue weighted by atomic mass is 16.4. The van der Waals surface area contributed by atoms with Crippen molar-refractivity contribution in [3.63, 3.8) is 0 Å². The second kappa shape index (κ2) is 3.13. The predicted octanol–water partition coefficient (Wildman–Crippen LogP) is 1.30. The Balaban J connectivity index is 3.31. The molecule has 1 aromatic rings. The van der Waals surface area contributed by atoms with E-state index in [0.29, 0.717) is 0 Å². The van der Waals surface area contributed by atoms with Crippen LogP contribution < -0.4 is 0 Å². The van der Waals surface area contributed by atoms with Gasteiger partial charge in [-0.3, -0.25) is 0 Å². The standard InChI is InChI=1S/C8H9NO3/c1-5(9-12)8-6(10)3-2-4-7(8)11/h2-4,10-12H,1H3/b9-5+. The van der Waals surface area contributed by atoms with E-state index in [0.717, 1.165) is 0 Å². The monoisotopic (exact) mass is 167 g/mol. The molecule has 3 N–H and O–H groups in total. The van der Waals surface area contributed by atoms with Gasteiger partial charge in [-0.15, -0.1) is 0 Å². The summed E-state index contributed by atoms with van der Waals surface area (Å²) in [6.45, 7) is 1.48. The molecule has 0 saturated carbocycles. The number of oxime groups is 1. The quantitative estimate of drug-likeness (QED) is 0.335. The van der Waals surface area contributed by atoms with E-state index in [4.69, 9.17) is 5.21 Å². The lowest BCUT2D eigenvalue weighted by Gasteiger charge is -2.03. The molecule has 0 aliphatic heterocycles. The van der Waals surface area contributed by atoms with Crippen LogP contribution in [-0.2, 0) is 0 Å². The summed E-state index contributed by atoms with van der Waals surface area (Å²) in [6.07, 6.45) is 0. The fraction of sp³-hybridized carbons (Fsp3) is 0.125. The summed E-state index contributed by atoms with van der Waals surface area (Å²) in [5.41, 5.74) is 0.325. The molecule has 0 spiro atoms. The van der Waals surface area contributed by atoms with E-state index in [-0.39, 0.29) is 22.8 Å². The number of rotatable bonds is 1. The first-order valence-electron chi connectivity index (χ1n) is 3.36. The summed E-state index contributed by atoms with van der Waals surface area (Å²) in [6, 6.07) is 4.31. The van der Waals surface area contributed by atoms with Gasteiger partial charge in [0.05, 0.1) is 11.3 Å². The first kappa shape index (κ1) is 8.39. The van der Waals surface area contributed by atoms with Gasteiger partial charge in [0, 0.05) is 0 Å². The highest BCUT2D eigenvalue weighted by molar-refractivity contribution is 6.02. The summed E-state index contributed by atoms with van der Waals surface area (Å²) < 4.78 is 0. The van der Waals surface area contributed by atoms with Gasteiger partial charge in [-0.1, -0.05) is 11.2 Å². The Kier molecular flexibility index (Phi) is 2.19. The molecule has 0 saturated heterocycles. The molecule has 0 aliphatic rings. The molecule has 0 bridgehead atoms. The minimum Gasteiger partial charge on any atom is -0.507 e. The first-order valence-corrected chi connectivity index (χ1v) is 3.36. The SMILES string of the molecule is C/C(=N\O)c1c(O)cccc1O. The molecule has 0 fully saturated rings. The van der Waals surface area contributed by atoms with Crippen molar-refractivity contribution in [2.75, 3.05) is 0 Å². The minimum atomic E-state index is -0.106. The van der Waals surface area contributed by atoms with Crippen molar-refractivity contribution in [3.05, 3.63) is 23.8 Å². The van der Waals surface area contributed by atoms with E-state index in [1.807, 2.05) is 0 Å². The molecule has 0 aromatic heterocycles. The van der Waals surface area contributed by atoms with Crippen LogP contribution in [0.15, 0.2) is 23.4 Å². The summed E-state index contributed by atoms with van der Waals surface area (Å²) in [4.78, 5) is 0. The van der Waals surface area contributed by atoms with E-state index >= 15 is 0 Å². The van der Waals surface area contributed by atoms with Gasteiger partial charge in [0.15, 0.2) is 0 Å². The lowest BCUT2D eigenvalue weighted by atomic mass is 10.1. The van der Waals surface area contributed by atoms with Crippen LogP contribution in [0.1, 0.15) is 12.5 Å². The van der Waals surface area contributed by atoms with Gasteiger partial charge in [0.25, 0.3) is 0 Å². The maximum Gasteiger partial charge on any atom is 0.128 e. The molecule has 1 rings (SSSR count). The molecule has 64 valence electrons. The van der Waals surface area contributed by atoms with E-state index in [1.165, 1.54) is 25.1 Å². The Bertz CT molecular complexity index is 300. The Morgan fingerprint density at radius 1 is 1.25 bits per heavy atom. The van der Waals surface area contributed by atoms with Crippen LogP contribution >= 0.6 is 0 Å². The van der Waals surface area contributed by atoms with E-state index in [1.54, 1.807) is 0 Å². The summed E-state index contributed by atoms with van der Waals surface area (Å²) in [5, 5.41) is 29.8. The van der Waals surface area contributed by atoms with Crippen LogP contribution in [-0.4, -0.2) is 21.1 Å². The molecule has 0 amide bonds. The molecule has 0 unspecified atom stereocenters. The third-order valence-electron chi connectivity index (χ3n) is 1.53. The van der Waals surface area contributed by atoms with E-state index in [9.17, 15) is 10.2 Å². The molecule has 0 aliphatic carbocycles. The number of phenols is 2. The van der Waals surface area contributed by atoms with Crippen LogP contribution in [0.5, 0.6) is 11.5 Å². The Morgan fingerprint density at radius 2 is 1.75 bits per heavy atom. The Morgan fingerprint density at radius 3 is 2.17 bits per heavy atom. The van der Waals surface area contributed by atoms with Gasteiger partial charge in [0.1, 0.15) is 11.5 Å². The lowest BCUT2D eigenvalue weighted by molar-refractivity contribution is 0.318. The zero-order valence-corrected chi connectivity index (χ0v) is 6.52. The zero-order chi connectivity index (χ0) is 9.14. The molecule has 12 heavy (non-hydrogen) atoms. The second-order valence-electron chi connectivity index (χ2n) is 2.36. The summed E-state index contributed by atoms with van der Waals surface area (Å²) in [7, 11) is 0. The average Bonchev–Trinajstić information content (AvgIpc) is 2.03. The Labute approximate surface area is 69.4 Å². The number of aromatic hydroxyl groups is 2. The van der Waals surface area contributed by atoms with Crippen LogP contribution in [0.4, 0.5) is 0 Å². The van der Waals surface area contributed by atoms with Gasteiger partial charge in [-0.05, 0) is 19.1 Å². The largest absolute Gasteiger partial charge is 0.507 e. The third kappa shape index (κ3) is 1.32. The van der Waals surface area contributed by atoms with Crippen LogP contribution in [0.3, 0.4) is 0 Å². The predicted molar refractivity (Wildman–Crippen MR) is 43.8 cm³/mol. The van der Waals surface area contributed by atoms with Crippen LogP contribution in [0.2, 0.25) is 0 Å². The summed E-state index contributed by atoms with van der Waals surface area (Å²) >= 11 is 0. The molecule has 0 heterocycles. The van der Waals surface area contributed by atoms with E-state index < -0.39 is 0 Å². The number of benzene rings is 1. The Hall–Kier alpha value is -1.71. The third-order valence-corrected chi connectivity index (χ3v) is 1.53. The average molecular weight is 167 g/mol. The van der Waals surface area contributed by atoms with Gasteiger partial charge in [-0.2, -0.15) is 0 Å². The molecule has 0 atom stereocenters. The zero-order valence-electron chi connectivity index (χ0n) is 6.52. The van der Waals surface area contributed by atoms with Crippen molar-refractivity contribution < 1.29 is 15.4 Å². The molecule has 0 radical (unpaired) electrons. The molecule has 4 heteroatoms. The molecule has 4 nitrogen and oxygen atoms in total. The van der Waals surface area contributed by atoms with Gasteiger partial charge in [0.2, 0.25) is 0 Å². The molecular weight excluding hydrogens is 158 g/mol. The maximum atomic E-state index is 9.24. The fourth-order valence-corrected chi connectivity index (χ4v) is 0.949. The van der Waals surface area contributed by atoms with Crippen molar-refractivity contribution >= 4 is 5.71 Å². The lowest BCUT2D eigenvalue weighted by Crippen LogP contribution is -1.95. The van der Waals surface area contributed by atoms with Crippen molar-refractivity contribution in [2.45, 2.75) is 6.92 Å². The highest BCUT2D eigenvalue weighted by Gasteiger charge is 2.09. The second-order valence-corrected chi connectivity index (χ2v) is 2.36. The number of phenolic OH excluding ortho intramolecular Hbond substituents is 2. The minimum absolute atomic E-state index is 0.106. The van der Waals surface area contributed by atoms with Crippen LogP contribution in [0, 0.1) is 0 Å². The number of hydrogen-bond donors (Lipinski definition) is 3. The highest BCUT2D eigenvalue weighted by Crippen LogP contribution is 2.26. The van der Waals surface area contributed by atoms with Gasteiger partial charge in [-0.25, -0.2) is 0 Å². The normalized spacial score (nSPS) is 11.6. The number of nitrogens with zero attached hydrogens (tertiary/aromatic N) is 1. The van der Waals surface area contributed by atoms with Crippen molar-refractivity contribution in [3.8, 4) is 11.5 Å². The summed E-state index contributed by atoms with van der Waals surface area (Å²) in [5.74, 6) is -0.212. The first-order chi connectivity index (χ1) is 5.66. The smallest absolute Gasteiger partial charge is 0.128 e. The molecule has 1 aromatic carbocycles. The van der Waals surface area contributed by atoms with Gasteiger partial charge < -0.3 is 15.4 Å². The maximum absolute atomic E-state index is 9.24.